The summed E-state index contributed by atoms with van der Waals surface area (Å²) in [6.07, 6.45) is 3.13. The smallest absolute Gasteiger partial charge is 0.203 e. The first-order valence-corrected chi connectivity index (χ1v) is 8.07. The molecule has 0 amide bonds. The normalized spacial score (nSPS) is 19.2. The van der Waals surface area contributed by atoms with Crippen LogP contribution in [0.3, 0.4) is 0 Å². The summed E-state index contributed by atoms with van der Waals surface area (Å²) in [6.45, 7) is 0. The largest absolute Gasteiger partial charge is 0.300 e. The Morgan fingerprint density at radius 2 is 2.18 bits per heavy atom. The minimum Gasteiger partial charge on any atom is -0.300 e. The van der Waals surface area contributed by atoms with Crippen molar-refractivity contribution >= 4 is 17.1 Å². The van der Waals surface area contributed by atoms with Crippen LogP contribution in [0, 0.1) is 11.3 Å². The molecule has 5 nitrogen and oxygen atoms in total. The molecule has 0 N–H and O–H groups in total. The summed E-state index contributed by atoms with van der Waals surface area (Å²) in [5, 5.41) is 14.2. The van der Waals surface area contributed by atoms with E-state index in [1.54, 1.807) is 16.8 Å². The van der Waals surface area contributed by atoms with Crippen LogP contribution in [0.1, 0.15) is 31.2 Å². The third-order valence-corrected chi connectivity index (χ3v) is 4.78. The highest BCUT2D eigenvalue weighted by molar-refractivity contribution is 7.12. The van der Waals surface area contributed by atoms with Gasteiger partial charge in [-0.05, 0) is 25.0 Å². The maximum atomic E-state index is 11.5. The van der Waals surface area contributed by atoms with E-state index in [-0.39, 0.29) is 6.04 Å². The van der Waals surface area contributed by atoms with Gasteiger partial charge in [-0.25, -0.2) is 4.68 Å². The van der Waals surface area contributed by atoms with Gasteiger partial charge < -0.3 is 0 Å². The Morgan fingerprint density at radius 1 is 1.41 bits per heavy atom. The molecule has 1 aromatic heterocycles. The molecule has 112 valence electrons. The third-order valence-electron chi connectivity index (χ3n) is 3.72. The highest BCUT2D eigenvalue weighted by Crippen LogP contribution is 2.21. The predicted octanol–water partition coefficient (Wildman–Crippen LogP) is 2.43. The summed E-state index contributed by atoms with van der Waals surface area (Å²) in [6, 6.07) is 9.55. The van der Waals surface area contributed by atoms with E-state index in [2.05, 4.69) is 11.2 Å². The molecular weight excluding hydrogens is 296 g/mol. The lowest BCUT2D eigenvalue weighted by Crippen LogP contribution is -2.22. The zero-order valence-corrected chi connectivity index (χ0v) is 13.1. The fourth-order valence-corrected chi connectivity index (χ4v) is 3.50. The number of nitrogens with zero attached hydrogens (tertiary/aromatic N) is 4. The Balaban J connectivity index is 1.89. The van der Waals surface area contributed by atoms with Crippen LogP contribution in [0.25, 0.3) is 10.6 Å². The molecule has 3 rings (SSSR count). The molecule has 1 heterocycles. The second-order valence-electron chi connectivity index (χ2n) is 5.42. The van der Waals surface area contributed by atoms with Crippen LogP contribution in [-0.2, 0) is 11.8 Å². The monoisotopic (exact) mass is 312 g/mol. The average molecular weight is 312 g/mol. The lowest BCUT2D eigenvalue weighted by Gasteiger charge is -2.15. The summed E-state index contributed by atoms with van der Waals surface area (Å²) in [4.78, 5) is 17.1. The summed E-state index contributed by atoms with van der Waals surface area (Å²) in [7, 11) is 1.87. The predicted molar refractivity (Wildman–Crippen MR) is 84.1 cm³/mol. The molecule has 6 heteroatoms. The molecule has 1 fully saturated rings. The van der Waals surface area contributed by atoms with Crippen LogP contribution >= 0.6 is 11.3 Å². The molecule has 1 saturated carbocycles. The number of aryl methyl sites for hydroxylation is 1. The molecule has 1 unspecified atom stereocenters. The fourth-order valence-electron chi connectivity index (χ4n) is 2.53. The number of nitriles is 1. The van der Waals surface area contributed by atoms with Crippen LogP contribution in [0.2, 0.25) is 0 Å². The summed E-state index contributed by atoms with van der Waals surface area (Å²) in [5.74, 6) is 0.305. The van der Waals surface area contributed by atoms with Gasteiger partial charge in [0.25, 0.3) is 0 Å². The number of Topliss-reactive ketones (excluding diaryl/α,β-unsaturated/α-hetero) is 1. The van der Waals surface area contributed by atoms with E-state index < -0.39 is 0 Å². The molecule has 0 spiro atoms. The number of carbonyl (C=O) groups is 1. The molecule has 0 radical (unpaired) electrons. The van der Waals surface area contributed by atoms with Crippen molar-refractivity contribution < 1.29 is 4.79 Å². The first kappa shape index (κ1) is 14.7. The molecule has 0 bridgehead atoms. The van der Waals surface area contributed by atoms with E-state index in [9.17, 15) is 4.79 Å². The molecule has 22 heavy (non-hydrogen) atoms. The number of benzene rings is 1. The van der Waals surface area contributed by atoms with Crippen molar-refractivity contribution in [3.05, 3.63) is 34.6 Å². The third kappa shape index (κ3) is 3.15. The van der Waals surface area contributed by atoms with Crippen molar-refractivity contribution in [2.75, 3.05) is 0 Å². The molecule has 2 aromatic rings. The fraction of sp³-hybridized carbons (Fsp3) is 0.375. The van der Waals surface area contributed by atoms with E-state index in [0.29, 0.717) is 24.2 Å². The number of aromatic nitrogens is 2. The van der Waals surface area contributed by atoms with Gasteiger partial charge in [0.05, 0.1) is 17.7 Å². The molecule has 0 saturated heterocycles. The van der Waals surface area contributed by atoms with Gasteiger partial charge in [-0.15, -0.1) is 0 Å². The Labute approximate surface area is 132 Å². The minimum atomic E-state index is 0.0849. The van der Waals surface area contributed by atoms with Crippen molar-refractivity contribution in [2.24, 2.45) is 12.0 Å². The van der Waals surface area contributed by atoms with E-state index in [4.69, 9.17) is 10.3 Å². The van der Waals surface area contributed by atoms with Crippen LogP contribution in [0.5, 0.6) is 0 Å². The van der Waals surface area contributed by atoms with E-state index in [1.165, 1.54) is 11.3 Å². The van der Waals surface area contributed by atoms with Crippen molar-refractivity contribution in [3.63, 3.8) is 0 Å². The molecule has 1 aliphatic rings. The van der Waals surface area contributed by atoms with Gasteiger partial charge in [0, 0.05) is 25.5 Å². The Morgan fingerprint density at radius 3 is 2.86 bits per heavy atom. The van der Waals surface area contributed by atoms with Crippen LogP contribution in [-0.4, -0.2) is 21.6 Å². The number of carbonyl (C=O) groups excluding carboxylic acids is 1. The maximum Gasteiger partial charge on any atom is 0.203 e. The van der Waals surface area contributed by atoms with Crippen molar-refractivity contribution in [2.45, 2.75) is 31.7 Å². The summed E-state index contributed by atoms with van der Waals surface area (Å²) >= 11 is 1.51. The maximum absolute atomic E-state index is 11.5. The van der Waals surface area contributed by atoms with Crippen molar-refractivity contribution in [3.8, 4) is 16.6 Å². The van der Waals surface area contributed by atoms with E-state index in [1.807, 2.05) is 19.2 Å². The second-order valence-corrected chi connectivity index (χ2v) is 6.38. The standard InChI is InChI=1S/C16H16N4OS/c1-20-16(18-13-3-2-4-14(21)9-13)22-15(19-20)12-7-5-11(10-17)6-8-12/h5-8,13H,2-4,9H2,1H3/b18-16+. The molecular formula is C16H16N4OS. The lowest BCUT2D eigenvalue weighted by atomic mass is 9.95. The Bertz CT molecular complexity index is 795. The van der Waals surface area contributed by atoms with E-state index >= 15 is 0 Å². The van der Waals surface area contributed by atoms with Gasteiger partial charge in [-0.3, -0.25) is 9.79 Å². The second kappa shape index (κ2) is 6.24. The van der Waals surface area contributed by atoms with Gasteiger partial charge in [-0.1, -0.05) is 23.5 Å². The zero-order valence-electron chi connectivity index (χ0n) is 12.3. The first-order valence-electron chi connectivity index (χ1n) is 7.26. The lowest BCUT2D eigenvalue weighted by molar-refractivity contribution is -0.120. The van der Waals surface area contributed by atoms with Crippen LogP contribution in [0.15, 0.2) is 29.3 Å². The molecule has 1 aliphatic carbocycles. The topological polar surface area (TPSA) is 71.0 Å². The van der Waals surface area contributed by atoms with Gasteiger partial charge in [0.2, 0.25) is 4.80 Å². The molecule has 1 atom stereocenters. The highest BCUT2D eigenvalue weighted by atomic mass is 32.1. The van der Waals surface area contributed by atoms with Crippen molar-refractivity contribution in [1.82, 2.24) is 9.78 Å². The SMILES string of the molecule is Cn1nc(-c2ccc(C#N)cc2)s/c1=N/C1CCCC(=O)C1. The molecule has 1 aromatic carbocycles. The summed E-state index contributed by atoms with van der Waals surface area (Å²) < 4.78 is 1.76. The number of hydrogen-bond donors (Lipinski definition) is 0. The van der Waals surface area contributed by atoms with Gasteiger partial charge in [0.1, 0.15) is 10.8 Å². The summed E-state index contributed by atoms with van der Waals surface area (Å²) in [5.41, 5.74) is 1.61. The number of rotatable bonds is 2. The quantitative estimate of drug-likeness (QED) is 0.855. The van der Waals surface area contributed by atoms with Gasteiger partial charge in [0.15, 0.2) is 0 Å². The minimum absolute atomic E-state index is 0.0849. The molecule has 0 aliphatic heterocycles. The zero-order chi connectivity index (χ0) is 15.5. The highest BCUT2D eigenvalue weighted by Gasteiger charge is 2.19. The van der Waals surface area contributed by atoms with Crippen LogP contribution < -0.4 is 4.80 Å². The Kier molecular flexibility index (Phi) is 4.16. The van der Waals surface area contributed by atoms with Gasteiger partial charge >= 0.3 is 0 Å². The number of ketones is 1. The number of hydrogen-bond acceptors (Lipinski definition) is 5. The van der Waals surface area contributed by atoms with E-state index in [0.717, 1.165) is 28.2 Å². The first-order chi connectivity index (χ1) is 10.7. The van der Waals surface area contributed by atoms with Crippen LogP contribution in [0.4, 0.5) is 0 Å². The average Bonchev–Trinajstić information content (AvgIpc) is 2.88. The Hall–Kier alpha value is -2.26. The van der Waals surface area contributed by atoms with Gasteiger partial charge in [-0.2, -0.15) is 10.4 Å². The van der Waals surface area contributed by atoms with Crippen molar-refractivity contribution in [1.29, 1.82) is 5.26 Å².